The van der Waals surface area contributed by atoms with Crippen molar-refractivity contribution in [2.45, 2.75) is 18.0 Å². The lowest BCUT2D eigenvalue weighted by Gasteiger charge is -2.08. The Hall–Kier alpha value is -2.29. The van der Waals surface area contributed by atoms with Crippen LogP contribution in [0, 0.1) is 5.82 Å². The summed E-state index contributed by atoms with van der Waals surface area (Å²) in [5.41, 5.74) is 2.67. The molecular weight excluding hydrogens is 321 g/mol. The van der Waals surface area contributed by atoms with Crippen LogP contribution in [0.15, 0.2) is 41.3 Å². The highest BCUT2D eigenvalue weighted by atomic mass is 32.2. The highest BCUT2D eigenvalue weighted by Crippen LogP contribution is 2.21. The van der Waals surface area contributed by atoms with Crippen molar-refractivity contribution in [3.05, 3.63) is 58.9 Å². The minimum Gasteiger partial charge on any atom is -0.322 e. The van der Waals surface area contributed by atoms with Gasteiger partial charge in [-0.1, -0.05) is 6.07 Å². The molecule has 3 rings (SSSR count). The highest BCUT2D eigenvalue weighted by Gasteiger charge is 2.16. The Kier molecular flexibility index (Phi) is 3.88. The Morgan fingerprint density at radius 1 is 1.13 bits per heavy atom. The Labute approximate surface area is 132 Å². The molecule has 0 saturated carbocycles. The summed E-state index contributed by atoms with van der Waals surface area (Å²) in [4.78, 5) is 11.8. The van der Waals surface area contributed by atoms with Crippen molar-refractivity contribution >= 4 is 21.6 Å². The standard InChI is InChI=1S/C15H14FN3O3S/c16-12-3-10(5-14(6-12)23(17,21)22)15(20)19-13-2-1-9-7-18-8-11(9)4-13/h1-6,18H,7-8H2,(H,19,20)(H2,17,21,22). The molecule has 0 saturated heterocycles. The van der Waals surface area contributed by atoms with Crippen molar-refractivity contribution < 1.29 is 17.6 Å². The van der Waals surface area contributed by atoms with Gasteiger partial charge in [-0.05, 0) is 41.5 Å². The third kappa shape index (κ3) is 3.39. The van der Waals surface area contributed by atoms with Gasteiger partial charge in [0.1, 0.15) is 5.82 Å². The van der Waals surface area contributed by atoms with E-state index in [1.54, 1.807) is 6.07 Å². The van der Waals surface area contributed by atoms with E-state index in [1.165, 1.54) is 0 Å². The SMILES string of the molecule is NS(=O)(=O)c1cc(F)cc(C(=O)Nc2ccc3c(c2)CNC3)c1. The number of rotatable bonds is 3. The van der Waals surface area contributed by atoms with Crippen LogP contribution in [0.2, 0.25) is 0 Å². The number of anilines is 1. The monoisotopic (exact) mass is 335 g/mol. The van der Waals surface area contributed by atoms with E-state index in [-0.39, 0.29) is 5.56 Å². The number of nitrogens with one attached hydrogen (secondary N) is 2. The maximum atomic E-state index is 13.5. The Morgan fingerprint density at radius 3 is 2.61 bits per heavy atom. The van der Waals surface area contributed by atoms with E-state index < -0.39 is 26.6 Å². The number of sulfonamides is 1. The molecule has 0 atom stereocenters. The largest absolute Gasteiger partial charge is 0.322 e. The van der Waals surface area contributed by atoms with Gasteiger partial charge in [0.15, 0.2) is 0 Å². The quantitative estimate of drug-likeness (QED) is 0.787. The van der Waals surface area contributed by atoms with E-state index in [2.05, 4.69) is 10.6 Å². The number of halogens is 1. The number of nitrogens with two attached hydrogens (primary N) is 1. The predicted molar refractivity (Wildman–Crippen MR) is 82.7 cm³/mol. The Morgan fingerprint density at radius 2 is 1.87 bits per heavy atom. The van der Waals surface area contributed by atoms with Gasteiger partial charge in [0, 0.05) is 24.3 Å². The molecule has 8 heteroatoms. The third-order valence-corrected chi connectivity index (χ3v) is 4.45. The van der Waals surface area contributed by atoms with Crippen molar-refractivity contribution in [2.75, 3.05) is 5.32 Å². The van der Waals surface area contributed by atoms with Crippen LogP contribution in [0.25, 0.3) is 0 Å². The molecule has 1 aliphatic rings. The molecule has 0 bridgehead atoms. The molecule has 120 valence electrons. The van der Waals surface area contributed by atoms with E-state index in [9.17, 15) is 17.6 Å². The number of benzene rings is 2. The topological polar surface area (TPSA) is 101 Å². The van der Waals surface area contributed by atoms with Crippen molar-refractivity contribution in [1.82, 2.24) is 5.32 Å². The third-order valence-electron chi connectivity index (χ3n) is 3.56. The predicted octanol–water partition coefficient (Wildman–Crippen LogP) is 1.33. The fraction of sp³-hybridized carbons (Fsp3) is 0.133. The average Bonchev–Trinajstić information content (AvgIpc) is 2.93. The number of carbonyl (C=O) groups excluding carboxylic acids is 1. The van der Waals surface area contributed by atoms with E-state index in [0.29, 0.717) is 12.2 Å². The molecule has 0 radical (unpaired) electrons. The molecule has 6 nitrogen and oxygen atoms in total. The molecule has 2 aromatic carbocycles. The fourth-order valence-electron chi connectivity index (χ4n) is 2.43. The van der Waals surface area contributed by atoms with Gasteiger partial charge in [-0.3, -0.25) is 4.79 Å². The number of carbonyl (C=O) groups is 1. The van der Waals surface area contributed by atoms with E-state index >= 15 is 0 Å². The Balaban J connectivity index is 1.88. The van der Waals surface area contributed by atoms with Crippen molar-refractivity contribution in [3.63, 3.8) is 0 Å². The molecule has 0 unspecified atom stereocenters. The van der Waals surface area contributed by atoms with Crippen LogP contribution in [0.3, 0.4) is 0 Å². The molecule has 1 heterocycles. The number of primary sulfonamides is 1. The molecule has 0 fully saturated rings. The van der Waals surface area contributed by atoms with E-state index in [0.717, 1.165) is 35.9 Å². The molecule has 0 aromatic heterocycles. The van der Waals surface area contributed by atoms with E-state index in [4.69, 9.17) is 5.14 Å². The lowest BCUT2D eigenvalue weighted by atomic mass is 10.1. The minimum atomic E-state index is -4.09. The molecule has 1 aliphatic heterocycles. The van der Waals surface area contributed by atoms with Crippen molar-refractivity contribution in [3.8, 4) is 0 Å². The first-order valence-electron chi connectivity index (χ1n) is 6.80. The fourth-order valence-corrected chi connectivity index (χ4v) is 3.00. The van der Waals surface area contributed by atoms with Gasteiger partial charge in [0.25, 0.3) is 5.91 Å². The number of hydrogen-bond acceptors (Lipinski definition) is 4. The number of fused-ring (bicyclic) bond motifs is 1. The second-order valence-electron chi connectivity index (χ2n) is 5.26. The zero-order valence-corrected chi connectivity index (χ0v) is 12.8. The molecular formula is C15H14FN3O3S. The summed E-state index contributed by atoms with van der Waals surface area (Å²) in [6.45, 7) is 1.50. The summed E-state index contributed by atoms with van der Waals surface area (Å²) >= 11 is 0. The second kappa shape index (κ2) is 5.73. The van der Waals surface area contributed by atoms with Crippen LogP contribution in [0.4, 0.5) is 10.1 Å². The lowest BCUT2D eigenvalue weighted by Crippen LogP contribution is -2.16. The average molecular weight is 335 g/mol. The van der Waals surface area contributed by atoms with Crippen LogP contribution in [-0.2, 0) is 23.1 Å². The van der Waals surface area contributed by atoms with Gasteiger partial charge in [0.2, 0.25) is 10.0 Å². The summed E-state index contributed by atoms with van der Waals surface area (Å²) in [5, 5.41) is 10.8. The summed E-state index contributed by atoms with van der Waals surface area (Å²) in [6.07, 6.45) is 0. The summed E-state index contributed by atoms with van der Waals surface area (Å²) < 4.78 is 36.2. The Bertz CT molecular complexity index is 897. The lowest BCUT2D eigenvalue weighted by molar-refractivity contribution is 0.102. The van der Waals surface area contributed by atoms with Crippen LogP contribution >= 0.6 is 0 Å². The molecule has 1 amide bonds. The maximum Gasteiger partial charge on any atom is 0.255 e. The number of hydrogen-bond donors (Lipinski definition) is 3. The van der Waals surface area contributed by atoms with E-state index in [1.807, 2.05) is 12.1 Å². The van der Waals surface area contributed by atoms with Gasteiger partial charge < -0.3 is 10.6 Å². The van der Waals surface area contributed by atoms with Gasteiger partial charge in [-0.15, -0.1) is 0 Å². The zero-order chi connectivity index (χ0) is 16.6. The van der Waals surface area contributed by atoms with Gasteiger partial charge >= 0.3 is 0 Å². The van der Waals surface area contributed by atoms with Crippen molar-refractivity contribution in [2.24, 2.45) is 5.14 Å². The first kappa shape index (κ1) is 15.6. The first-order valence-corrected chi connectivity index (χ1v) is 8.35. The number of amides is 1. The minimum absolute atomic E-state index is 0.118. The first-order chi connectivity index (χ1) is 10.8. The van der Waals surface area contributed by atoms with Crippen LogP contribution < -0.4 is 15.8 Å². The smallest absolute Gasteiger partial charge is 0.255 e. The summed E-state index contributed by atoms with van der Waals surface area (Å²) in [5.74, 6) is -1.46. The van der Waals surface area contributed by atoms with Crippen molar-refractivity contribution in [1.29, 1.82) is 0 Å². The van der Waals surface area contributed by atoms with Crippen LogP contribution in [0.5, 0.6) is 0 Å². The molecule has 0 spiro atoms. The molecule has 0 aliphatic carbocycles. The van der Waals surface area contributed by atoms with Gasteiger partial charge in [-0.2, -0.15) is 0 Å². The maximum absolute atomic E-state index is 13.5. The normalized spacial score (nSPS) is 13.7. The second-order valence-corrected chi connectivity index (χ2v) is 6.82. The van der Waals surface area contributed by atoms with Crippen LogP contribution in [-0.4, -0.2) is 14.3 Å². The van der Waals surface area contributed by atoms with Crippen LogP contribution in [0.1, 0.15) is 21.5 Å². The zero-order valence-electron chi connectivity index (χ0n) is 12.0. The molecule has 4 N–H and O–H groups in total. The summed E-state index contributed by atoms with van der Waals surface area (Å²) in [7, 11) is -4.09. The van der Waals surface area contributed by atoms with Gasteiger partial charge in [0.05, 0.1) is 4.90 Å². The molecule has 23 heavy (non-hydrogen) atoms. The summed E-state index contributed by atoms with van der Waals surface area (Å²) in [6, 6.07) is 8.23. The highest BCUT2D eigenvalue weighted by molar-refractivity contribution is 7.89. The van der Waals surface area contributed by atoms with Gasteiger partial charge in [-0.25, -0.2) is 17.9 Å². The molecule has 2 aromatic rings.